The summed E-state index contributed by atoms with van der Waals surface area (Å²) in [6.07, 6.45) is 7.74. The van der Waals surface area contributed by atoms with Gasteiger partial charge in [-0.15, -0.1) is 17.8 Å². The quantitative estimate of drug-likeness (QED) is 0.746. The van der Waals surface area contributed by atoms with Gasteiger partial charge >= 0.3 is 0 Å². The van der Waals surface area contributed by atoms with Crippen molar-refractivity contribution in [1.82, 2.24) is 9.88 Å². The van der Waals surface area contributed by atoms with Crippen LogP contribution in [0.2, 0.25) is 0 Å². The van der Waals surface area contributed by atoms with Crippen molar-refractivity contribution in [3.63, 3.8) is 0 Å². The molecule has 1 amide bonds. The molecule has 1 fully saturated rings. The van der Waals surface area contributed by atoms with Crippen molar-refractivity contribution in [1.29, 1.82) is 0 Å². The van der Waals surface area contributed by atoms with Crippen LogP contribution in [0.15, 0.2) is 5.51 Å². The molecule has 1 aromatic heterocycles. The number of terminal acetylenes is 1. The molecule has 1 aromatic rings. The van der Waals surface area contributed by atoms with Gasteiger partial charge in [0.15, 0.2) is 0 Å². The molecule has 0 spiro atoms. The Morgan fingerprint density at radius 2 is 2.50 bits per heavy atom. The first-order chi connectivity index (χ1) is 7.72. The van der Waals surface area contributed by atoms with Crippen molar-refractivity contribution in [2.75, 3.05) is 13.1 Å². The molecule has 1 saturated carbocycles. The van der Waals surface area contributed by atoms with Crippen LogP contribution < -0.4 is 0 Å². The maximum absolute atomic E-state index is 12.2. The second-order valence-electron chi connectivity index (χ2n) is 4.10. The van der Waals surface area contributed by atoms with Crippen LogP contribution in [-0.2, 0) is 0 Å². The minimum absolute atomic E-state index is 0.0323. The molecule has 0 atom stereocenters. The van der Waals surface area contributed by atoms with Gasteiger partial charge in [0, 0.05) is 6.54 Å². The van der Waals surface area contributed by atoms with E-state index in [0.29, 0.717) is 12.5 Å². The molecule has 1 aliphatic carbocycles. The smallest absolute Gasteiger partial charge is 0.266 e. The largest absolute Gasteiger partial charge is 0.326 e. The van der Waals surface area contributed by atoms with Gasteiger partial charge in [-0.1, -0.05) is 5.92 Å². The number of aromatic nitrogens is 1. The molecule has 1 aliphatic rings. The SMILES string of the molecule is C#CCN(CC1CC1)C(=O)c1scnc1C. The number of carbonyl (C=O) groups excluding carboxylic acids is 1. The Morgan fingerprint density at radius 3 is 3.00 bits per heavy atom. The summed E-state index contributed by atoms with van der Waals surface area (Å²) in [7, 11) is 0. The third-order valence-electron chi connectivity index (χ3n) is 2.68. The van der Waals surface area contributed by atoms with Crippen LogP contribution in [0.4, 0.5) is 0 Å². The van der Waals surface area contributed by atoms with E-state index in [4.69, 9.17) is 6.42 Å². The van der Waals surface area contributed by atoms with Crippen LogP contribution in [0.5, 0.6) is 0 Å². The number of hydrogen-bond acceptors (Lipinski definition) is 3. The standard InChI is InChI=1S/C12H14N2OS/c1-3-6-14(7-10-4-5-10)12(15)11-9(2)13-8-16-11/h1,8,10H,4-7H2,2H3. The van der Waals surface area contributed by atoms with Gasteiger partial charge in [0.25, 0.3) is 5.91 Å². The molecule has 2 rings (SSSR count). The van der Waals surface area contributed by atoms with Gasteiger partial charge in [0.05, 0.1) is 17.7 Å². The second kappa shape index (κ2) is 4.67. The summed E-state index contributed by atoms with van der Waals surface area (Å²) in [5.41, 5.74) is 2.50. The van der Waals surface area contributed by atoms with Crippen LogP contribution in [0, 0.1) is 25.2 Å². The molecule has 0 N–H and O–H groups in total. The number of rotatable bonds is 4. The third kappa shape index (κ3) is 2.42. The molecule has 0 saturated heterocycles. The lowest BCUT2D eigenvalue weighted by Gasteiger charge is -2.19. The zero-order chi connectivity index (χ0) is 11.5. The van der Waals surface area contributed by atoms with Gasteiger partial charge in [0.2, 0.25) is 0 Å². The highest BCUT2D eigenvalue weighted by Crippen LogP contribution is 2.30. The number of amides is 1. The van der Waals surface area contributed by atoms with Gasteiger partial charge in [-0.2, -0.15) is 0 Å². The molecular formula is C12H14N2OS. The van der Waals surface area contributed by atoms with E-state index in [2.05, 4.69) is 10.9 Å². The minimum atomic E-state index is 0.0323. The first-order valence-electron chi connectivity index (χ1n) is 5.35. The predicted octanol–water partition coefficient (Wildman–Crippen LogP) is 1.94. The molecule has 0 unspecified atom stereocenters. The average molecular weight is 234 g/mol. The fourth-order valence-electron chi connectivity index (χ4n) is 1.59. The van der Waals surface area contributed by atoms with Crippen molar-refractivity contribution in [3.8, 4) is 12.3 Å². The van der Waals surface area contributed by atoms with Gasteiger partial charge in [-0.25, -0.2) is 4.98 Å². The molecule has 16 heavy (non-hydrogen) atoms. The predicted molar refractivity (Wildman–Crippen MR) is 64.3 cm³/mol. The zero-order valence-corrected chi connectivity index (χ0v) is 10.1. The summed E-state index contributed by atoms with van der Waals surface area (Å²) in [6, 6.07) is 0. The van der Waals surface area contributed by atoms with Gasteiger partial charge in [0.1, 0.15) is 4.88 Å². The second-order valence-corrected chi connectivity index (χ2v) is 4.95. The first-order valence-corrected chi connectivity index (χ1v) is 6.23. The number of aryl methyl sites for hydroxylation is 1. The molecule has 0 aromatic carbocycles. The Kier molecular flexibility index (Phi) is 3.25. The molecule has 0 bridgehead atoms. The maximum atomic E-state index is 12.2. The summed E-state index contributed by atoms with van der Waals surface area (Å²) in [5, 5.41) is 0. The van der Waals surface area contributed by atoms with Crippen molar-refractivity contribution >= 4 is 17.2 Å². The van der Waals surface area contributed by atoms with E-state index in [1.165, 1.54) is 24.2 Å². The first kappa shape index (κ1) is 11.2. The highest BCUT2D eigenvalue weighted by atomic mass is 32.1. The Balaban J connectivity index is 2.10. The normalized spacial score (nSPS) is 14.5. The number of hydrogen-bond donors (Lipinski definition) is 0. The van der Waals surface area contributed by atoms with Crippen molar-refractivity contribution in [3.05, 3.63) is 16.1 Å². The lowest BCUT2D eigenvalue weighted by molar-refractivity contribution is 0.0773. The van der Waals surface area contributed by atoms with Crippen LogP contribution in [0.3, 0.4) is 0 Å². The number of nitrogens with zero attached hydrogens (tertiary/aromatic N) is 2. The van der Waals surface area contributed by atoms with E-state index < -0.39 is 0 Å². The van der Waals surface area contributed by atoms with E-state index in [1.54, 1.807) is 10.4 Å². The summed E-state index contributed by atoms with van der Waals surface area (Å²) in [5.74, 6) is 3.24. The topological polar surface area (TPSA) is 33.2 Å². The third-order valence-corrected chi connectivity index (χ3v) is 3.60. The maximum Gasteiger partial charge on any atom is 0.266 e. The van der Waals surface area contributed by atoms with Crippen LogP contribution >= 0.6 is 11.3 Å². The molecule has 4 heteroatoms. The number of carbonyl (C=O) groups is 1. The fraction of sp³-hybridized carbons (Fsp3) is 0.500. The fourth-order valence-corrected chi connectivity index (χ4v) is 2.36. The van der Waals surface area contributed by atoms with E-state index >= 15 is 0 Å². The average Bonchev–Trinajstić information content (AvgIpc) is 2.98. The van der Waals surface area contributed by atoms with E-state index in [-0.39, 0.29) is 5.91 Å². The summed E-state index contributed by atoms with van der Waals surface area (Å²) < 4.78 is 0. The van der Waals surface area contributed by atoms with Crippen molar-refractivity contribution < 1.29 is 4.79 Å². The highest BCUT2D eigenvalue weighted by Gasteiger charge is 2.27. The summed E-state index contributed by atoms with van der Waals surface area (Å²) >= 11 is 1.39. The lowest BCUT2D eigenvalue weighted by atomic mass is 10.3. The van der Waals surface area contributed by atoms with Crippen LogP contribution in [0.1, 0.15) is 28.2 Å². The van der Waals surface area contributed by atoms with Crippen molar-refractivity contribution in [2.45, 2.75) is 19.8 Å². The molecule has 0 aliphatic heterocycles. The van der Waals surface area contributed by atoms with Crippen molar-refractivity contribution in [2.24, 2.45) is 5.92 Å². The molecule has 1 heterocycles. The minimum Gasteiger partial charge on any atom is -0.326 e. The Labute approximate surface area is 99.5 Å². The highest BCUT2D eigenvalue weighted by molar-refractivity contribution is 7.11. The number of thiazole rings is 1. The Hall–Kier alpha value is -1.34. The Bertz CT molecular complexity index is 428. The Morgan fingerprint density at radius 1 is 1.75 bits per heavy atom. The van der Waals surface area contributed by atoms with E-state index in [1.807, 2.05) is 6.92 Å². The van der Waals surface area contributed by atoms with E-state index in [9.17, 15) is 4.79 Å². The zero-order valence-electron chi connectivity index (χ0n) is 9.27. The van der Waals surface area contributed by atoms with E-state index in [0.717, 1.165) is 17.1 Å². The molecule has 84 valence electrons. The van der Waals surface area contributed by atoms with Crippen LogP contribution in [-0.4, -0.2) is 28.9 Å². The van der Waals surface area contributed by atoms with Gasteiger partial charge in [-0.3, -0.25) is 4.79 Å². The monoisotopic (exact) mass is 234 g/mol. The molecular weight excluding hydrogens is 220 g/mol. The van der Waals surface area contributed by atoms with Gasteiger partial charge < -0.3 is 4.90 Å². The van der Waals surface area contributed by atoms with Gasteiger partial charge in [-0.05, 0) is 25.7 Å². The molecule has 0 radical (unpaired) electrons. The molecule has 3 nitrogen and oxygen atoms in total. The van der Waals surface area contributed by atoms with Crippen LogP contribution in [0.25, 0.3) is 0 Å². The lowest BCUT2D eigenvalue weighted by Crippen LogP contribution is -2.33. The summed E-state index contributed by atoms with van der Waals surface area (Å²) in [6.45, 7) is 3.04. The summed E-state index contributed by atoms with van der Waals surface area (Å²) in [4.78, 5) is 18.8.